The number of benzene rings is 2. The van der Waals surface area contributed by atoms with Gasteiger partial charge in [0.1, 0.15) is 10.8 Å². The van der Waals surface area contributed by atoms with Crippen LogP contribution in [-0.4, -0.2) is 32.8 Å². The van der Waals surface area contributed by atoms with Crippen LogP contribution in [0.2, 0.25) is 10.0 Å². The van der Waals surface area contributed by atoms with Crippen molar-refractivity contribution in [2.24, 2.45) is 0 Å². The number of amides is 1. The Morgan fingerprint density at radius 3 is 2.62 bits per heavy atom. The first-order chi connectivity index (χ1) is 16.4. The maximum absolute atomic E-state index is 12.9. The van der Waals surface area contributed by atoms with Crippen LogP contribution in [0.15, 0.2) is 60.9 Å². The molecule has 0 spiro atoms. The molecule has 1 amide bonds. The first-order valence-corrected chi connectivity index (χ1v) is 11.2. The van der Waals surface area contributed by atoms with E-state index in [-0.39, 0.29) is 17.8 Å². The summed E-state index contributed by atoms with van der Waals surface area (Å²) in [5, 5.41) is 11.4. The maximum Gasteiger partial charge on any atom is 0.259 e. The second-order valence-corrected chi connectivity index (χ2v) is 8.52. The molecule has 0 saturated carbocycles. The van der Waals surface area contributed by atoms with Gasteiger partial charge in [-0.2, -0.15) is 10.1 Å². The van der Waals surface area contributed by atoms with E-state index < -0.39 is 0 Å². The van der Waals surface area contributed by atoms with Crippen LogP contribution in [0.4, 0.5) is 17.3 Å². The third kappa shape index (κ3) is 5.13. The van der Waals surface area contributed by atoms with E-state index in [1.54, 1.807) is 53.3 Å². The zero-order valence-corrected chi connectivity index (χ0v) is 20.2. The summed E-state index contributed by atoms with van der Waals surface area (Å²) < 4.78 is 6.90. The fraction of sp³-hybridized carbons (Fsp3) is 0.167. The van der Waals surface area contributed by atoms with Crippen LogP contribution in [0.5, 0.6) is 5.75 Å². The Morgan fingerprint density at radius 1 is 1.09 bits per heavy atom. The molecule has 0 atom stereocenters. The summed E-state index contributed by atoms with van der Waals surface area (Å²) in [7, 11) is 1.51. The number of aromatic nitrogens is 4. The summed E-state index contributed by atoms with van der Waals surface area (Å²) in [6.45, 7) is 4.11. The van der Waals surface area contributed by atoms with E-state index in [2.05, 4.69) is 39.5 Å². The predicted molar refractivity (Wildman–Crippen MR) is 134 cm³/mol. The van der Waals surface area contributed by atoms with Gasteiger partial charge >= 0.3 is 0 Å². The smallest absolute Gasteiger partial charge is 0.259 e. The average Bonchev–Trinajstić information content (AvgIpc) is 3.32. The van der Waals surface area contributed by atoms with Gasteiger partial charge < -0.3 is 15.4 Å². The molecule has 34 heavy (non-hydrogen) atoms. The Kier molecular flexibility index (Phi) is 7.00. The van der Waals surface area contributed by atoms with Crippen molar-refractivity contribution < 1.29 is 9.53 Å². The van der Waals surface area contributed by atoms with Gasteiger partial charge in [-0.05, 0) is 42.3 Å². The van der Waals surface area contributed by atoms with E-state index in [9.17, 15) is 4.79 Å². The Hall–Kier alpha value is -3.62. The second kappa shape index (κ2) is 10.1. The minimum absolute atomic E-state index is 0.260. The SMILES string of the molecule is COc1ccccc1C(=O)Nc1ccc(Cl)cc1Nc1ncc(Cl)c(-n2ccc(C(C)C)n2)n1. The molecule has 0 aliphatic heterocycles. The number of para-hydroxylation sites is 1. The van der Waals surface area contributed by atoms with Crippen molar-refractivity contribution in [3.63, 3.8) is 0 Å². The molecule has 0 radical (unpaired) electrons. The third-order valence-corrected chi connectivity index (χ3v) is 5.47. The van der Waals surface area contributed by atoms with Crippen LogP contribution in [0.25, 0.3) is 5.82 Å². The lowest BCUT2D eigenvalue weighted by molar-refractivity contribution is 0.102. The third-order valence-electron chi connectivity index (χ3n) is 4.97. The molecular formula is C24H22Cl2N6O2. The fourth-order valence-corrected chi connectivity index (χ4v) is 3.56. The van der Waals surface area contributed by atoms with Crippen LogP contribution in [0.1, 0.15) is 35.8 Å². The van der Waals surface area contributed by atoms with Crippen LogP contribution in [0, 0.1) is 0 Å². The molecule has 0 saturated heterocycles. The molecule has 2 N–H and O–H groups in total. The molecule has 8 nitrogen and oxygen atoms in total. The van der Waals surface area contributed by atoms with Crippen molar-refractivity contribution in [2.45, 2.75) is 19.8 Å². The number of methoxy groups -OCH3 is 1. The number of rotatable bonds is 7. The molecule has 174 valence electrons. The Labute approximate surface area is 206 Å². The lowest BCUT2D eigenvalue weighted by Gasteiger charge is -2.14. The number of ether oxygens (including phenoxy) is 1. The number of carbonyl (C=O) groups is 1. The van der Waals surface area contributed by atoms with Crippen LogP contribution in [-0.2, 0) is 0 Å². The molecule has 0 unspecified atom stereocenters. The molecule has 0 aliphatic rings. The average molecular weight is 497 g/mol. The Balaban J connectivity index is 1.63. The van der Waals surface area contributed by atoms with Gasteiger partial charge in [0.05, 0.1) is 35.9 Å². The summed E-state index contributed by atoms with van der Waals surface area (Å²) >= 11 is 12.6. The standard InChI is InChI=1S/C24H22Cl2N6O2/c1-14(2)18-10-11-32(31-18)22-17(26)13-27-24(30-22)29-20-12-15(25)8-9-19(20)28-23(33)16-6-4-5-7-21(16)34-3/h4-14H,1-3H3,(H,28,33)(H,27,29,30). The highest BCUT2D eigenvalue weighted by Gasteiger charge is 2.16. The maximum atomic E-state index is 12.9. The molecule has 4 aromatic rings. The number of nitrogens with one attached hydrogen (secondary N) is 2. The highest BCUT2D eigenvalue weighted by atomic mass is 35.5. The lowest BCUT2D eigenvalue weighted by Crippen LogP contribution is -2.14. The zero-order chi connectivity index (χ0) is 24.2. The minimum atomic E-state index is -0.335. The van der Waals surface area contributed by atoms with Crippen molar-refractivity contribution in [2.75, 3.05) is 17.7 Å². The van der Waals surface area contributed by atoms with E-state index in [0.717, 1.165) is 5.69 Å². The van der Waals surface area contributed by atoms with Crippen molar-refractivity contribution in [1.29, 1.82) is 0 Å². The minimum Gasteiger partial charge on any atom is -0.496 e. The number of anilines is 3. The van der Waals surface area contributed by atoms with Gasteiger partial charge in [-0.1, -0.05) is 49.2 Å². The number of hydrogen-bond donors (Lipinski definition) is 2. The largest absolute Gasteiger partial charge is 0.496 e. The normalized spacial score (nSPS) is 10.9. The van der Waals surface area contributed by atoms with Gasteiger partial charge in [-0.15, -0.1) is 0 Å². The van der Waals surface area contributed by atoms with Crippen molar-refractivity contribution in [3.8, 4) is 11.6 Å². The molecule has 2 aromatic heterocycles. The van der Waals surface area contributed by atoms with Crippen molar-refractivity contribution in [3.05, 3.63) is 82.2 Å². The molecular weight excluding hydrogens is 475 g/mol. The van der Waals surface area contributed by atoms with Gasteiger partial charge in [-0.3, -0.25) is 4.79 Å². The zero-order valence-electron chi connectivity index (χ0n) is 18.7. The lowest BCUT2D eigenvalue weighted by atomic mass is 10.1. The topological polar surface area (TPSA) is 94.0 Å². The Bertz CT molecular complexity index is 1340. The quantitative estimate of drug-likeness (QED) is 0.321. The second-order valence-electron chi connectivity index (χ2n) is 7.67. The monoisotopic (exact) mass is 496 g/mol. The van der Waals surface area contributed by atoms with Gasteiger partial charge in [0.2, 0.25) is 5.95 Å². The molecule has 4 rings (SSSR count). The molecule has 2 aromatic carbocycles. The molecule has 2 heterocycles. The van der Waals surface area contributed by atoms with Crippen molar-refractivity contribution in [1.82, 2.24) is 19.7 Å². The molecule has 0 bridgehead atoms. The van der Waals surface area contributed by atoms with Gasteiger partial charge in [-0.25, -0.2) is 9.67 Å². The first-order valence-electron chi connectivity index (χ1n) is 10.4. The Morgan fingerprint density at radius 2 is 1.88 bits per heavy atom. The predicted octanol–water partition coefficient (Wildman–Crippen LogP) is 6.10. The fourth-order valence-electron chi connectivity index (χ4n) is 3.21. The van der Waals surface area contributed by atoms with Crippen LogP contribution < -0.4 is 15.4 Å². The van der Waals surface area contributed by atoms with E-state index in [0.29, 0.717) is 38.6 Å². The highest BCUT2D eigenvalue weighted by molar-refractivity contribution is 6.32. The summed E-state index contributed by atoms with van der Waals surface area (Å²) in [5.74, 6) is 1.08. The number of carbonyl (C=O) groups excluding carboxylic acids is 1. The first kappa shape index (κ1) is 23.5. The van der Waals surface area contributed by atoms with Gasteiger partial charge in [0, 0.05) is 11.2 Å². The summed E-state index contributed by atoms with van der Waals surface area (Å²) in [4.78, 5) is 21.7. The molecule has 0 aliphatic carbocycles. The summed E-state index contributed by atoms with van der Waals surface area (Å²) in [6, 6.07) is 13.9. The van der Waals surface area contributed by atoms with Gasteiger partial charge in [0.25, 0.3) is 5.91 Å². The van der Waals surface area contributed by atoms with Gasteiger partial charge in [0.15, 0.2) is 5.82 Å². The molecule has 0 fully saturated rings. The molecule has 10 heteroatoms. The van der Waals surface area contributed by atoms with E-state index in [1.165, 1.54) is 13.3 Å². The van der Waals surface area contributed by atoms with E-state index in [4.69, 9.17) is 27.9 Å². The van der Waals surface area contributed by atoms with Crippen molar-refractivity contribution >= 4 is 46.4 Å². The summed E-state index contributed by atoms with van der Waals surface area (Å²) in [5.41, 5.74) is 2.31. The number of nitrogens with zero attached hydrogens (tertiary/aromatic N) is 4. The van der Waals surface area contributed by atoms with E-state index in [1.807, 2.05) is 6.07 Å². The summed E-state index contributed by atoms with van der Waals surface area (Å²) in [6.07, 6.45) is 3.28. The van der Waals surface area contributed by atoms with Crippen LogP contribution in [0.3, 0.4) is 0 Å². The van der Waals surface area contributed by atoms with Crippen LogP contribution >= 0.6 is 23.2 Å². The number of halogens is 2. The number of hydrogen-bond acceptors (Lipinski definition) is 6. The highest BCUT2D eigenvalue weighted by Crippen LogP contribution is 2.30. The van der Waals surface area contributed by atoms with E-state index >= 15 is 0 Å².